The van der Waals surface area contributed by atoms with Crippen molar-refractivity contribution in [3.63, 3.8) is 0 Å². The third-order valence-electron chi connectivity index (χ3n) is 3.04. The Bertz CT molecular complexity index is 566. The molecule has 0 aliphatic heterocycles. The van der Waals surface area contributed by atoms with E-state index in [0.29, 0.717) is 12.2 Å². The van der Waals surface area contributed by atoms with Gasteiger partial charge in [-0.1, -0.05) is 0 Å². The second-order valence-corrected chi connectivity index (χ2v) is 4.10. The molecule has 2 aromatic heterocycles. The van der Waals surface area contributed by atoms with Crippen LogP contribution in [0.25, 0.3) is 0 Å². The monoisotopic (exact) mass is 233 g/mol. The van der Waals surface area contributed by atoms with Crippen LogP contribution in [0.2, 0.25) is 0 Å². The zero-order valence-corrected chi connectivity index (χ0v) is 10.1. The topological polar surface area (TPSA) is 60.0 Å². The summed E-state index contributed by atoms with van der Waals surface area (Å²) in [4.78, 5) is 11.0. The van der Waals surface area contributed by atoms with Gasteiger partial charge in [-0.2, -0.15) is 5.10 Å². The minimum Gasteiger partial charge on any atom is -0.477 e. The van der Waals surface area contributed by atoms with Crippen LogP contribution in [0.15, 0.2) is 18.3 Å². The molecule has 2 aromatic rings. The number of aromatic carboxylic acids is 1. The summed E-state index contributed by atoms with van der Waals surface area (Å²) in [6.45, 7) is 4.46. The van der Waals surface area contributed by atoms with E-state index in [4.69, 9.17) is 5.11 Å². The van der Waals surface area contributed by atoms with E-state index in [1.54, 1.807) is 22.9 Å². The molecule has 0 radical (unpaired) electrons. The number of carboxylic acids is 1. The van der Waals surface area contributed by atoms with Crippen LogP contribution in [0, 0.1) is 13.8 Å². The lowest BCUT2D eigenvalue weighted by Crippen LogP contribution is -2.09. The van der Waals surface area contributed by atoms with Gasteiger partial charge in [0.15, 0.2) is 0 Å². The number of rotatable bonds is 3. The molecule has 0 unspecified atom stereocenters. The van der Waals surface area contributed by atoms with Gasteiger partial charge in [-0.3, -0.25) is 4.68 Å². The highest BCUT2D eigenvalue weighted by molar-refractivity contribution is 5.85. The van der Waals surface area contributed by atoms with Crippen LogP contribution in [0.4, 0.5) is 0 Å². The number of carboxylic acid groups (broad SMARTS) is 1. The molecule has 0 saturated heterocycles. The van der Waals surface area contributed by atoms with E-state index in [2.05, 4.69) is 5.10 Å². The lowest BCUT2D eigenvalue weighted by Gasteiger charge is -2.06. The van der Waals surface area contributed by atoms with Gasteiger partial charge in [0.25, 0.3) is 0 Å². The SMILES string of the molecule is Cc1nn(C)c(C)c1Cn1cccc1C(=O)O. The average Bonchev–Trinajstić information content (AvgIpc) is 2.80. The van der Waals surface area contributed by atoms with Gasteiger partial charge in [-0.25, -0.2) is 4.79 Å². The van der Waals surface area contributed by atoms with E-state index in [0.717, 1.165) is 17.0 Å². The van der Waals surface area contributed by atoms with Crippen LogP contribution < -0.4 is 0 Å². The van der Waals surface area contributed by atoms with Crippen molar-refractivity contribution < 1.29 is 9.90 Å². The summed E-state index contributed by atoms with van der Waals surface area (Å²) < 4.78 is 3.54. The Kier molecular flexibility index (Phi) is 2.75. The maximum absolute atomic E-state index is 11.0. The summed E-state index contributed by atoms with van der Waals surface area (Å²) in [5, 5.41) is 13.4. The Balaban J connectivity index is 2.38. The Morgan fingerprint density at radius 1 is 1.47 bits per heavy atom. The molecule has 0 bridgehead atoms. The molecule has 2 heterocycles. The number of carbonyl (C=O) groups is 1. The molecule has 5 heteroatoms. The first-order valence-corrected chi connectivity index (χ1v) is 5.38. The maximum atomic E-state index is 11.0. The normalized spacial score (nSPS) is 10.8. The Labute approximate surface area is 99.3 Å². The minimum absolute atomic E-state index is 0.299. The van der Waals surface area contributed by atoms with Crippen molar-refractivity contribution in [3.05, 3.63) is 41.0 Å². The van der Waals surface area contributed by atoms with Crippen molar-refractivity contribution in [2.75, 3.05) is 0 Å². The maximum Gasteiger partial charge on any atom is 0.352 e. The van der Waals surface area contributed by atoms with Gasteiger partial charge in [-0.15, -0.1) is 0 Å². The summed E-state index contributed by atoms with van der Waals surface area (Å²) in [7, 11) is 1.89. The molecule has 0 fully saturated rings. The first-order valence-electron chi connectivity index (χ1n) is 5.38. The molecule has 0 spiro atoms. The van der Waals surface area contributed by atoms with Crippen molar-refractivity contribution in [3.8, 4) is 0 Å². The fourth-order valence-electron chi connectivity index (χ4n) is 1.96. The zero-order valence-electron chi connectivity index (χ0n) is 10.1. The van der Waals surface area contributed by atoms with Crippen LogP contribution in [-0.2, 0) is 13.6 Å². The van der Waals surface area contributed by atoms with Crippen molar-refractivity contribution in [1.82, 2.24) is 14.3 Å². The predicted molar refractivity (Wildman–Crippen MR) is 63.2 cm³/mol. The summed E-state index contributed by atoms with van der Waals surface area (Å²) >= 11 is 0. The summed E-state index contributed by atoms with van der Waals surface area (Å²) in [5.41, 5.74) is 3.38. The highest BCUT2D eigenvalue weighted by Crippen LogP contribution is 2.15. The summed E-state index contributed by atoms with van der Waals surface area (Å²) in [5.74, 6) is -0.908. The second-order valence-electron chi connectivity index (χ2n) is 4.10. The van der Waals surface area contributed by atoms with Crippen molar-refractivity contribution >= 4 is 5.97 Å². The first-order chi connectivity index (χ1) is 8.00. The quantitative estimate of drug-likeness (QED) is 0.875. The standard InChI is InChI=1S/C12H15N3O2/c1-8-10(9(2)14(3)13-8)7-15-6-4-5-11(15)12(16)17/h4-6H,7H2,1-3H3,(H,16,17). The van der Waals surface area contributed by atoms with E-state index in [1.807, 2.05) is 25.6 Å². The molecular weight excluding hydrogens is 218 g/mol. The molecule has 90 valence electrons. The van der Waals surface area contributed by atoms with Gasteiger partial charge in [0.1, 0.15) is 5.69 Å². The molecular formula is C12H15N3O2. The summed E-state index contributed by atoms with van der Waals surface area (Å²) in [6.07, 6.45) is 1.77. The van der Waals surface area contributed by atoms with Crippen LogP contribution >= 0.6 is 0 Å². The third-order valence-corrected chi connectivity index (χ3v) is 3.04. The van der Waals surface area contributed by atoms with Crippen molar-refractivity contribution in [1.29, 1.82) is 0 Å². The summed E-state index contributed by atoms with van der Waals surface area (Å²) in [6, 6.07) is 3.34. The molecule has 17 heavy (non-hydrogen) atoms. The van der Waals surface area contributed by atoms with E-state index >= 15 is 0 Å². The molecule has 0 saturated carbocycles. The zero-order chi connectivity index (χ0) is 12.6. The van der Waals surface area contributed by atoms with Gasteiger partial charge in [0.05, 0.1) is 12.2 Å². The van der Waals surface area contributed by atoms with Crippen molar-refractivity contribution in [2.24, 2.45) is 7.05 Å². The third kappa shape index (κ3) is 1.95. The van der Waals surface area contributed by atoms with Crippen LogP contribution in [0.3, 0.4) is 0 Å². The Morgan fingerprint density at radius 3 is 2.71 bits per heavy atom. The number of nitrogens with zero attached hydrogens (tertiary/aromatic N) is 3. The van der Waals surface area contributed by atoms with Gasteiger partial charge in [0.2, 0.25) is 0 Å². The molecule has 2 rings (SSSR count). The Morgan fingerprint density at radius 2 is 2.18 bits per heavy atom. The largest absolute Gasteiger partial charge is 0.477 e. The van der Waals surface area contributed by atoms with Gasteiger partial charge in [0, 0.05) is 24.5 Å². The number of hydrogen-bond acceptors (Lipinski definition) is 2. The van der Waals surface area contributed by atoms with E-state index in [1.165, 1.54) is 0 Å². The average molecular weight is 233 g/mol. The number of aromatic nitrogens is 3. The predicted octanol–water partition coefficient (Wildman–Crippen LogP) is 1.58. The molecule has 5 nitrogen and oxygen atoms in total. The van der Waals surface area contributed by atoms with E-state index in [-0.39, 0.29) is 0 Å². The van der Waals surface area contributed by atoms with Crippen LogP contribution in [0.1, 0.15) is 27.4 Å². The number of aryl methyl sites for hydroxylation is 2. The molecule has 0 atom stereocenters. The smallest absolute Gasteiger partial charge is 0.352 e. The number of hydrogen-bond donors (Lipinski definition) is 1. The molecule has 1 N–H and O–H groups in total. The van der Waals surface area contributed by atoms with E-state index in [9.17, 15) is 4.79 Å². The lowest BCUT2D eigenvalue weighted by atomic mass is 10.2. The minimum atomic E-state index is -0.908. The van der Waals surface area contributed by atoms with Crippen LogP contribution in [0.5, 0.6) is 0 Å². The van der Waals surface area contributed by atoms with Gasteiger partial charge >= 0.3 is 5.97 Å². The second kappa shape index (κ2) is 4.08. The van der Waals surface area contributed by atoms with Gasteiger partial charge in [-0.05, 0) is 26.0 Å². The lowest BCUT2D eigenvalue weighted by molar-refractivity contribution is 0.0685. The fraction of sp³-hybridized carbons (Fsp3) is 0.333. The fourth-order valence-corrected chi connectivity index (χ4v) is 1.96. The highest BCUT2D eigenvalue weighted by Gasteiger charge is 2.13. The van der Waals surface area contributed by atoms with E-state index < -0.39 is 5.97 Å². The van der Waals surface area contributed by atoms with Crippen molar-refractivity contribution in [2.45, 2.75) is 20.4 Å². The molecule has 0 amide bonds. The van der Waals surface area contributed by atoms with Crippen LogP contribution in [-0.4, -0.2) is 25.4 Å². The Hall–Kier alpha value is -2.04. The van der Waals surface area contributed by atoms with Gasteiger partial charge < -0.3 is 9.67 Å². The molecule has 0 aliphatic rings. The highest BCUT2D eigenvalue weighted by atomic mass is 16.4. The molecule has 0 aromatic carbocycles. The first kappa shape index (κ1) is 11.4. The molecule has 0 aliphatic carbocycles.